The molecule has 6 heteroatoms. The van der Waals surface area contributed by atoms with E-state index in [1.54, 1.807) is 37.2 Å². The second-order valence-corrected chi connectivity index (χ2v) is 5.22. The van der Waals surface area contributed by atoms with Crippen LogP contribution in [0.25, 0.3) is 0 Å². The molecule has 4 N–H and O–H groups in total. The standard InChI is InChI=1S/C14H20N4O2/c1-17(2)14(20)11-4-3-7-18(11)12-8-9(13(16)19)5-6-10(12)15/h5-6,8,11H,3-4,7,15H2,1-2H3,(H2,16,19). The molecule has 1 saturated heterocycles. The average Bonchev–Trinajstić information content (AvgIpc) is 2.86. The summed E-state index contributed by atoms with van der Waals surface area (Å²) in [5.41, 5.74) is 12.9. The van der Waals surface area contributed by atoms with Gasteiger partial charge >= 0.3 is 0 Å². The Kier molecular flexibility index (Phi) is 3.83. The Morgan fingerprint density at radius 2 is 2.05 bits per heavy atom. The third-order valence-corrected chi connectivity index (χ3v) is 3.60. The summed E-state index contributed by atoms with van der Waals surface area (Å²) in [4.78, 5) is 27.0. The van der Waals surface area contributed by atoms with Gasteiger partial charge < -0.3 is 21.3 Å². The maximum atomic E-state index is 12.2. The lowest BCUT2D eigenvalue weighted by atomic mass is 10.1. The molecule has 1 aromatic carbocycles. The molecular formula is C14H20N4O2. The van der Waals surface area contributed by atoms with Crippen molar-refractivity contribution in [1.82, 2.24) is 4.90 Å². The van der Waals surface area contributed by atoms with Crippen molar-refractivity contribution >= 4 is 23.2 Å². The first-order valence-electron chi connectivity index (χ1n) is 6.59. The predicted molar refractivity (Wildman–Crippen MR) is 78.4 cm³/mol. The molecule has 0 bridgehead atoms. The van der Waals surface area contributed by atoms with Gasteiger partial charge in [0.1, 0.15) is 6.04 Å². The van der Waals surface area contributed by atoms with Gasteiger partial charge in [0.05, 0.1) is 11.4 Å². The molecule has 1 unspecified atom stereocenters. The van der Waals surface area contributed by atoms with Gasteiger partial charge in [0.15, 0.2) is 0 Å². The van der Waals surface area contributed by atoms with Crippen LogP contribution >= 0.6 is 0 Å². The van der Waals surface area contributed by atoms with E-state index in [0.29, 0.717) is 16.9 Å². The van der Waals surface area contributed by atoms with E-state index in [9.17, 15) is 9.59 Å². The molecule has 1 aliphatic rings. The van der Waals surface area contributed by atoms with E-state index >= 15 is 0 Å². The van der Waals surface area contributed by atoms with Crippen LogP contribution in [0.5, 0.6) is 0 Å². The van der Waals surface area contributed by atoms with Gasteiger partial charge in [-0.25, -0.2) is 0 Å². The third kappa shape index (κ3) is 2.54. The molecule has 0 aliphatic carbocycles. The first-order valence-corrected chi connectivity index (χ1v) is 6.59. The Bertz CT molecular complexity index is 542. The fourth-order valence-corrected chi connectivity index (χ4v) is 2.56. The molecule has 1 aliphatic heterocycles. The average molecular weight is 276 g/mol. The van der Waals surface area contributed by atoms with Crippen molar-refractivity contribution in [3.63, 3.8) is 0 Å². The third-order valence-electron chi connectivity index (χ3n) is 3.60. The van der Waals surface area contributed by atoms with Gasteiger partial charge in [0, 0.05) is 26.2 Å². The van der Waals surface area contributed by atoms with Gasteiger partial charge in [0.2, 0.25) is 11.8 Å². The molecule has 1 heterocycles. The highest BCUT2D eigenvalue weighted by atomic mass is 16.2. The van der Waals surface area contributed by atoms with Crippen molar-refractivity contribution in [2.75, 3.05) is 31.3 Å². The van der Waals surface area contributed by atoms with Gasteiger partial charge in [-0.15, -0.1) is 0 Å². The van der Waals surface area contributed by atoms with Crippen molar-refractivity contribution in [3.05, 3.63) is 23.8 Å². The minimum Gasteiger partial charge on any atom is -0.397 e. The van der Waals surface area contributed by atoms with Crippen LogP contribution in [-0.2, 0) is 4.79 Å². The van der Waals surface area contributed by atoms with Crippen LogP contribution < -0.4 is 16.4 Å². The number of amides is 2. The minimum atomic E-state index is -0.499. The number of primary amides is 1. The van der Waals surface area contributed by atoms with Gasteiger partial charge in [-0.1, -0.05) is 0 Å². The predicted octanol–water partition coefficient (Wildman–Crippen LogP) is 0.425. The monoisotopic (exact) mass is 276 g/mol. The van der Waals surface area contributed by atoms with E-state index in [1.165, 1.54) is 0 Å². The van der Waals surface area contributed by atoms with Gasteiger partial charge in [-0.05, 0) is 31.0 Å². The number of carbonyl (C=O) groups is 2. The second kappa shape index (κ2) is 5.40. The van der Waals surface area contributed by atoms with Crippen molar-refractivity contribution in [3.8, 4) is 0 Å². The van der Waals surface area contributed by atoms with Gasteiger partial charge in [0.25, 0.3) is 0 Å². The number of nitrogens with zero attached hydrogens (tertiary/aromatic N) is 2. The molecule has 0 saturated carbocycles. The van der Waals surface area contributed by atoms with E-state index < -0.39 is 5.91 Å². The molecule has 2 amide bonds. The van der Waals surface area contributed by atoms with Crippen LogP contribution in [0.2, 0.25) is 0 Å². The molecule has 108 valence electrons. The lowest BCUT2D eigenvalue weighted by Gasteiger charge is -2.29. The summed E-state index contributed by atoms with van der Waals surface area (Å²) < 4.78 is 0. The van der Waals surface area contributed by atoms with E-state index in [2.05, 4.69) is 0 Å². The molecule has 1 fully saturated rings. The molecule has 6 nitrogen and oxygen atoms in total. The number of likely N-dealkylation sites (N-methyl/N-ethyl adjacent to an activating group) is 1. The number of carbonyl (C=O) groups excluding carboxylic acids is 2. The molecule has 0 spiro atoms. The number of benzene rings is 1. The Labute approximate surface area is 118 Å². The van der Waals surface area contributed by atoms with Crippen molar-refractivity contribution in [2.45, 2.75) is 18.9 Å². The first kappa shape index (κ1) is 14.2. The largest absolute Gasteiger partial charge is 0.397 e. The minimum absolute atomic E-state index is 0.0476. The zero-order chi connectivity index (χ0) is 14.9. The SMILES string of the molecule is CN(C)C(=O)C1CCCN1c1cc(C(N)=O)ccc1N. The molecule has 2 rings (SSSR count). The van der Waals surface area contributed by atoms with Crippen molar-refractivity contribution in [2.24, 2.45) is 5.73 Å². The fourth-order valence-electron chi connectivity index (χ4n) is 2.56. The van der Waals surface area contributed by atoms with Crippen LogP contribution in [0, 0.1) is 0 Å². The fraction of sp³-hybridized carbons (Fsp3) is 0.429. The zero-order valence-electron chi connectivity index (χ0n) is 11.8. The Morgan fingerprint density at radius 3 is 2.65 bits per heavy atom. The Morgan fingerprint density at radius 1 is 1.35 bits per heavy atom. The highest BCUT2D eigenvalue weighted by molar-refractivity contribution is 5.96. The first-order chi connectivity index (χ1) is 9.41. The summed E-state index contributed by atoms with van der Waals surface area (Å²) in [6, 6.07) is 4.69. The number of hydrogen-bond acceptors (Lipinski definition) is 4. The number of nitrogen functional groups attached to an aromatic ring is 1. The quantitative estimate of drug-likeness (QED) is 0.783. The van der Waals surface area contributed by atoms with Crippen molar-refractivity contribution < 1.29 is 9.59 Å². The highest BCUT2D eigenvalue weighted by Gasteiger charge is 2.32. The maximum absolute atomic E-state index is 12.2. The lowest BCUT2D eigenvalue weighted by Crippen LogP contribution is -2.43. The van der Waals surface area contributed by atoms with E-state index in [-0.39, 0.29) is 11.9 Å². The smallest absolute Gasteiger partial charge is 0.248 e. The second-order valence-electron chi connectivity index (χ2n) is 5.22. The van der Waals surface area contributed by atoms with Crippen LogP contribution in [0.4, 0.5) is 11.4 Å². The number of anilines is 2. The normalized spacial score (nSPS) is 18.1. The van der Waals surface area contributed by atoms with Crippen LogP contribution in [0.15, 0.2) is 18.2 Å². The number of nitrogens with two attached hydrogens (primary N) is 2. The van der Waals surface area contributed by atoms with Crippen LogP contribution in [0.3, 0.4) is 0 Å². The molecular weight excluding hydrogens is 256 g/mol. The number of rotatable bonds is 3. The number of hydrogen-bond donors (Lipinski definition) is 2. The summed E-state index contributed by atoms with van der Waals surface area (Å²) in [6.45, 7) is 0.747. The highest BCUT2D eigenvalue weighted by Crippen LogP contribution is 2.31. The molecule has 0 radical (unpaired) electrons. The van der Waals surface area contributed by atoms with Crippen LogP contribution in [0.1, 0.15) is 23.2 Å². The van der Waals surface area contributed by atoms with E-state index in [1.807, 2.05) is 4.90 Å². The molecule has 1 aromatic rings. The summed E-state index contributed by atoms with van der Waals surface area (Å²) in [5, 5.41) is 0. The molecule has 1 atom stereocenters. The topological polar surface area (TPSA) is 92.7 Å². The van der Waals surface area contributed by atoms with Crippen LogP contribution in [-0.4, -0.2) is 43.4 Å². The zero-order valence-corrected chi connectivity index (χ0v) is 11.8. The Balaban J connectivity index is 2.37. The van der Waals surface area contributed by atoms with E-state index in [4.69, 9.17) is 11.5 Å². The summed E-state index contributed by atoms with van der Waals surface area (Å²) >= 11 is 0. The van der Waals surface area contributed by atoms with Crippen molar-refractivity contribution in [1.29, 1.82) is 0 Å². The summed E-state index contributed by atoms with van der Waals surface area (Å²) in [7, 11) is 3.48. The Hall–Kier alpha value is -2.24. The summed E-state index contributed by atoms with van der Waals surface area (Å²) in [5.74, 6) is -0.452. The maximum Gasteiger partial charge on any atom is 0.248 e. The summed E-state index contributed by atoms with van der Waals surface area (Å²) in [6.07, 6.45) is 1.71. The van der Waals surface area contributed by atoms with Gasteiger partial charge in [-0.2, -0.15) is 0 Å². The lowest BCUT2D eigenvalue weighted by molar-refractivity contribution is -0.129. The van der Waals surface area contributed by atoms with E-state index in [0.717, 1.165) is 19.4 Å². The van der Waals surface area contributed by atoms with Gasteiger partial charge in [-0.3, -0.25) is 9.59 Å². The molecule has 0 aromatic heterocycles. The molecule has 20 heavy (non-hydrogen) atoms.